The molecule has 3 heteroatoms. The van der Waals surface area contributed by atoms with Crippen molar-refractivity contribution in [2.75, 3.05) is 19.7 Å². The third-order valence-corrected chi connectivity index (χ3v) is 4.19. The number of hydrogen-bond donors (Lipinski definition) is 1. The molecule has 18 heavy (non-hydrogen) atoms. The summed E-state index contributed by atoms with van der Waals surface area (Å²) < 4.78 is 6.11. The van der Waals surface area contributed by atoms with E-state index in [2.05, 4.69) is 31.3 Å². The Bertz CT molecular complexity index is 373. The van der Waals surface area contributed by atoms with E-state index in [0.29, 0.717) is 5.92 Å². The maximum Gasteiger partial charge on any atom is 0.0943 e. The first-order chi connectivity index (χ1) is 8.66. The summed E-state index contributed by atoms with van der Waals surface area (Å²) in [5.41, 5.74) is 1.01. The lowest BCUT2D eigenvalue weighted by atomic mass is 9.78. The van der Waals surface area contributed by atoms with Crippen molar-refractivity contribution in [1.82, 2.24) is 5.32 Å². The molecule has 0 bridgehead atoms. The molecule has 1 N–H and O–H groups in total. The molecule has 0 amide bonds. The Balaban J connectivity index is 2.26. The zero-order valence-corrected chi connectivity index (χ0v) is 12.0. The van der Waals surface area contributed by atoms with Crippen molar-refractivity contribution in [1.29, 1.82) is 0 Å². The fourth-order valence-electron chi connectivity index (χ4n) is 2.84. The van der Waals surface area contributed by atoms with Crippen molar-refractivity contribution in [3.8, 4) is 0 Å². The summed E-state index contributed by atoms with van der Waals surface area (Å²) in [6.07, 6.45) is 2.44. The summed E-state index contributed by atoms with van der Waals surface area (Å²) >= 11 is 5.97. The minimum Gasteiger partial charge on any atom is -0.371 e. The van der Waals surface area contributed by atoms with E-state index in [0.717, 1.165) is 24.7 Å². The fourth-order valence-corrected chi connectivity index (χ4v) is 2.97. The molecule has 1 fully saturated rings. The first-order valence-electron chi connectivity index (χ1n) is 6.77. The van der Waals surface area contributed by atoms with Crippen LogP contribution in [-0.2, 0) is 10.3 Å². The lowest BCUT2D eigenvalue weighted by molar-refractivity contribution is -0.0804. The molecule has 1 aliphatic heterocycles. The van der Waals surface area contributed by atoms with Gasteiger partial charge in [0.25, 0.3) is 0 Å². The van der Waals surface area contributed by atoms with Gasteiger partial charge in [-0.25, -0.2) is 0 Å². The monoisotopic (exact) mass is 267 g/mol. The van der Waals surface area contributed by atoms with Gasteiger partial charge in [0.2, 0.25) is 0 Å². The van der Waals surface area contributed by atoms with Crippen molar-refractivity contribution in [2.45, 2.75) is 32.3 Å². The number of hydrogen-bond acceptors (Lipinski definition) is 2. The molecule has 0 saturated carbocycles. The smallest absolute Gasteiger partial charge is 0.0943 e. The summed E-state index contributed by atoms with van der Waals surface area (Å²) in [6, 6.07) is 8.08. The SMILES string of the molecule is CCO[C@@](C)(c1ccc(Cl)cc1)[C@H]1CCCNC1. The minimum absolute atomic E-state index is 0.216. The van der Waals surface area contributed by atoms with E-state index in [1.54, 1.807) is 0 Å². The van der Waals surface area contributed by atoms with Crippen molar-refractivity contribution in [3.63, 3.8) is 0 Å². The van der Waals surface area contributed by atoms with Crippen LogP contribution in [0.5, 0.6) is 0 Å². The van der Waals surface area contributed by atoms with Gasteiger partial charge in [0.15, 0.2) is 0 Å². The van der Waals surface area contributed by atoms with Crippen LogP contribution in [0.3, 0.4) is 0 Å². The lowest BCUT2D eigenvalue weighted by Gasteiger charge is -2.40. The molecule has 0 aromatic heterocycles. The zero-order chi connectivity index (χ0) is 13.0. The van der Waals surface area contributed by atoms with E-state index in [-0.39, 0.29) is 5.60 Å². The molecule has 1 aromatic rings. The highest BCUT2D eigenvalue weighted by Gasteiger charge is 2.37. The molecular weight excluding hydrogens is 246 g/mol. The van der Waals surface area contributed by atoms with E-state index in [9.17, 15) is 0 Å². The highest BCUT2D eigenvalue weighted by molar-refractivity contribution is 6.30. The average Bonchev–Trinajstić information content (AvgIpc) is 2.40. The van der Waals surface area contributed by atoms with Gasteiger partial charge in [-0.05, 0) is 50.9 Å². The van der Waals surface area contributed by atoms with Crippen LogP contribution < -0.4 is 5.32 Å². The van der Waals surface area contributed by atoms with Gasteiger partial charge in [-0.2, -0.15) is 0 Å². The second kappa shape index (κ2) is 6.05. The predicted octanol–water partition coefficient (Wildman–Crippen LogP) is 3.59. The van der Waals surface area contributed by atoms with Gasteiger partial charge in [0, 0.05) is 24.1 Å². The Morgan fingerprint density at radius 2 is 2.11 bits per heavy atom. The van der Waals surface area contributed by atoms with E-state index in [4.69, 9.17) is 16.3 Å². The Kier molecular flexibility index (Phi) is 4.66. The molecule has 2 nitrogen and oxygen atoms in total. The third-order valence-electron chi connectivity index (χ3n) is 3.94. The second-order valence-electron chi connectivity index (χ2n) is 5.09. The fraction of sp³-hybridized carbons (Fsp3) is 0.600. The molecule has 1 aromatic carbocycles. The van der Waals surface area contributed by atoms with Gasteiger partial charge in [-0.15, -0.1) is 0 Å². The van der Waals surface area contributed by atoms with Crippen LogP contribution >= 0.6 is 11.6 Å². The summed E-state index contributed by atoms with van der Waals surface area (Å²) in [6.45, 7) is 7.15. The number of piperidine rings is 1. The second-order valence-corrected chi connectivity index (χ2v) is 5.53. The highest BCUT2D eigenvalue weighted by atomic mass is 35.5. The number of nitrogens with one attached hydrogen (secondary N) is 1. The van der Waals surface area contributed by atoms with Crippen LogP contribution in [0.25, 0.3) is 0 Å². The molecule has 0 aliphatic carbocycles. The molecule has 1 saturated heterocycles. The zero-order valence-electron chi connectivity index (χ0n) is 11.2. The molecule has 0 spiro atoms. The Morgan fingerprint density at radius 3 is 2.67 bits per heavy atom. The highest BCUT2D eigenvalue weighted by Crippen LogP contribution is 2.37. The number of halogens is 1. The summed E-state index contributed by atoms with van der Waals surface area (Å²) in [7, 11) is 0. The van der Waals surface area contributed by atoms with Crippen molar-refractivity contribution >= 4 is 11.6 Å². The van der Waals surface area contributed by atoms with Crippen molar-refractivity contribution in [3.05, 3.63) is 34.9 Å². The molecule has 100 valence electrons. The summed E-state index contributed by atoms with van der Waals surface area (Å²) in [4.78, 5) is 0. The predicted molar refractivity (Wildman–Crippen MR) is 76.0 cm³/mol. The van der Waals surface area contributed by atoms with Gasteiger partial charge in [-0.3, -0.25) is 0 Å². The Labute approximate surface area is 115 Å². The van der Waals surface area contributed by atoms with Gasteiger partial charge >= 0.3 is 0 Å². The van der Waals surface area contributed by atoms with Crippen LogP contribution in [0.15, 0.2) is 24.3 Å². The number of benzene rings is 1. The maximum atomic E-state index is 6.11. The molecular formula is C15H22ClNO. The maximum absolute atomic E-state index is 6.11. The van der Waals surface area contributed by atoms with Crippen molar-refractivity contribution < 1.29 is 4.74 Å². The Morgan fingerprint density at radius 1 is 1.39 bits per heavy atom. The number of rotatable bonds is 4. The topological polar surface area (TPSA) is 21.3 Å². The first kappa shape index (κ1) is 13.9. The van der Waals surface area contributed by atoms with E-state index in [1.165, 1.54) is 18.4 Å². The van der Waals surface area contributed by atoms with E-state index >= 15 is 0 Å². The van der Waals surface area contributed by atoms with Gasteiger partial charge in [-0.1, -0.05) is 23.7 Å². The Hall–Kier alpha value is -0.570. The van der Waals surface area contributed by atoms with Crippen LogP contribution in [0, 0.1) is 5.92 Å². The molecule has 2 atom stereocenters. The summed E-state index contributed by atoms with van der Waals surface area (Å²) in [5, 5.41) is 4.25. The van der Waals surface area contributed by atoms with Gasteiger partial charge in [0.05, 0.1) is 5.60 Å². The average molecular weight is 268 g/mol. The van der Waals surface area contributed by atoms with E-state index in [1.807, 2.05) is 12.1 Å². The quantitative estimate of drug-likeness (QED) is 0.900. The largest absolute Gasteiger partial charge is 0.371 e. The van der Waals surface area contributed by atoms with Gasteiger partial charge < -0.3 is 10.1 Å². The number of ether oxygens (including phenoxy) is 1. The summed E-state index contributed by atoms with van der Waals surface area (Å²) in [5.74, 6) is 0.521. The third kappa shape index (κ3) is 2.87. The van der Waals surface area contributed by atoms with Crippen LogP contribution in [-0.4, -0.2) is 19.7 Å². The molecule has 0 radical (unpaired) electrons. The van der Waals surface area contributed by atoms with Crippen LogP contribution in [0.4, 0.5) is 0 Å². The van der Waals surface area contributed by atoms with Crippen LogP contribution in [0.1, 0.15) is 32.3 Å². The van der Waals surface area contributed by atoms with Crippen LogP contribution in [0.2, 0.25) is 5.02 Å². The lowest BCUT2D eigenvalue weighted by Crippen LogP contribution is -2.44. The first-order valence-corrected chi connectivity index (χ1v) is 7.15. The molecule has 1 aliphatic rings. The molecule has 2 rings (SSSR count). The minimum atomic E-state index is -0.216. The van der Waals surface area contributed by atoms with E-state index < -0.39 is 0 Å². The van der Waals surface area contributed by atoms with Crippen molar-refractivity contribution in [2.24, 2.45) is 5.92 Å². The molecule has 0 unspecified atom stereocenters. The molecule has 1 heterocycles. The normalized spacial score (nSPS) is 23.6. The van der Waals surface area contributed by atoms with Gasteiger partial charge in [0.1, 0.15) is 0 Å². The standard InChI is InChI=1S/C15H22ClNO/c1-3-18-15(2,13-5-4-10-17-11-13)12-6-8-14(16)9-7-12/h6-9,13,17H,3-5,10-11H2,1-2H3/t13-,15-/m0/s1.